The van der Waals surface area contributed by atoms with Crippen LogP contribution in [0.15, 0.2) is 16.9 Å². The van der Waals surface area contributed by atoms with Gasteiger partial charge in [-0.05, 0) is 4.92 Å². The van der Waals surface area contributed by atoms with Crippen LogP contribution in [0.5, 0.6) is 0 Å². The Labute approximate surface area is 83.4 Å². The summed E-state index contributed by atoms with van der Waals surface area (Å²) in [7, 11) is 0. The third kappa shape index (κ3) is 5.31. The predicted octanol–water partition coefficient (Wildman–Crippen LogP) is -0.109. The molecule has 6 nitrogen and oxygen atoms in total. The number of nitrogens with zero attached hydrogens (tertiary/aromatic N) is 2. The summed E-state index contributed by atoms with van der Waals surface area (Å²) in [6, 6.07) is 0. The summed E-state index contributed by atoms with van der Waals surface area (Å²) in [5.41, 5.74) is 5.23. The number of nitrogens with two attached hydrogens (primary N) is 1. The van der Waals surface area contributed by atoms with Crippen LogP contribution in [0.2, 0.25) is 0 Å². The first-order valence-corrected chi connectivity index (χ1v) is 4.55. The summed E-state index contributed by atoms with van der Waals surface area (Å²) in [5, 5.41) is 19.4. The Morgan fingerprint density at radius 3 is 2.77 bits per heavy atom. The second-order valence-electron chi connectivity index (χ2n) is 2.05. The number of aliphatic imine (C=N–C) groups is 1. The Hall–Kier alpha value is -0.950. The van der Waals surface area contributed by atoms with Gasteiger partial charge >= 0.3 is 5.82 Å². The molecule has 3 N–H and O–H groups in total. The zero-order valence-electron chi connectivity index (χ0n) is 6.81. The van der Waals surface area contributed by atoms with Crippen molar-refractivity contribution in [3.8, 4) is 0 Å². The Balaban J connectivity index is 4.43. The summed E-state index contributed by atoms with van der Waals surface area (Å²) in [4.78, 5) is 13.2. The van der Waals surface area contributed by atoms with E-state index in [4.69, 9.17) is 10.8 Å². The minimum atomic E-state index is -0.737. The molecule has 0 aromatic heterocycles. The Kier molecular flexibility index (Phi) is 6.07. The van der Waals surface area contributed by atoms with E-state index in [1.54, 1.807) is 0 Å². The highest BCUT2D eigenvalue weighted by atomic mass is 79.9. The maximum Gasteiger partial charge on any atom is 0.315 e. The molecule has 0 aromatic rings. The van der Waals surface area contributed by atoms with Crippen molar-refractivity contribution < 1.29 is 10.0 Å². The molecule has 0 saturated carbocycles. The largest absolute Gasteiger partial charge is 0.390 e. The molecule has 0 bridgehead atoms. The quantitative estimate of drug-likeness (QED) is 0.308. The van der Waals surface area contributed by atoms with Crippen LogP contribution in [0, 0.1) is 10.1 Å². The van der Waals surface area contributed by atoms with Gasteiger partial charge in [-0.15, -0.1) is 0 Å². The van der Waals surface area contributed by atoms with Crippen molar-refractivity contribution in [1.82, 2.24) is 0 Å². The number of aliphatic hydroxyl groups excluding tert-OH is 1. The van der Waals surface area contributed by atoms with Gasteiger partial charge in [-0.2, -0.15) is 0 Å². The Bertz CT molecular complexity index is 239. The Morgan fingerprint density at radius 2 is 2.38 bits per heavy atom. The van der Waals surface area contributed by atoms with Crippen molar-refractivity contribution in [2.75, 3.05) is 18.5 Å². The van der Waals surface area contributed by atoms with E-state index in [0.29, 0.717) is 11.9 Å². The minimum Gasteiger partial charge on any atom is -0.390 e. The van der Waals surface area contributed by atoms with Gasteiger partial charge in [0.1, 0.15) is 0 Å². The van der Waals surface area contributed by atoms with Gasteiger partial charge in [-0.25, -0.2) is 0 Å². The second-order valence-corrected chi connectivity index (χ2v) is 2.84. The zero-order chi connectivity index (χ0) is 10.3. The molecule has 0 unspecified atom stereocenters. The number of nitro groups is 1. The fraction of sp³-hybridized carbons (Fsp3) is 0.500. The number of rotatable bonds is 5. The molecule has 0 rings (SSSR count). The average molecular weight is 252 g/mol. The van der Waals surface area contributed by atoms with Crippen molar-refractivity contribution in [1.29, 1.82) is 0 Å². The summed E-state index contributed by atoms with van der Waals surface area (Å²) in [6.45, 7) is 0.0823. The van der Waals surface area contributed by atoms with E-state index < -0.39 is 10.7 Å². The average Bonchev–Trinajstić information content (AvgIpc) is 2.11. The van der Waals surface area contributed by atoms with Gasteiger partial charge < -0.3 is 15.2 Å². The fourth-order valence-electron chi connectivity index (χ4n) is 0.551. The first-order chi connectivity index (χ1) is 6.11. The summed E-state index contributed by atoms with van der Waals surface area (Å²) >= 11 is 3.13. The number of hydrogen-bond donors (Lipinski definition) is 2. The lowest BCUT2D eigenvalue weighted by Crippen LogP contribution is -2.13. The van der Waals surface area contributed by atoms with Gasteiger partial charge in [0, 0.05) is 11.9 Å². The van der Waals surface area contributed by atoms with Crippen molar-refractivity contribution in [3.05, 3.63) is 22.0 Å². The molecule has 0 aliphatic carbocycles. The summed E-state index contributed by atoms with van der Waals surface area (Å²) < 4.78 is 0. The third-order valence-electron chi connectivity index (χ3n) is 1.09. The van der Waals surface area contributed by atoms with E-state index in [2.05, 4.69) is 20.9 Å². The SMILES string of the molecule is N/C(=C\C(CO)=NCCBr)[N+](=O)[O-]. The second kappa shape index (κ2) is 6.55. The molecule has 0 amide bonds. The molecule has 0 spiro atoms. The molecule has 0 saturated heterocycles. The van der Waals surface area contributed by atoms with E-state index in [0.717, 1.165) is 6.08 Å². The monoisotopic (exact) mass is 251 g/mol. The molecule has 0 atom stereocenters. The highest BCUT2D eigenvalue weighted by molar-refractivity contribution is 9.09. The third-order valence-corrected chi connectivity index (χ3v) is 1.44. The van der Waals surface area contributed by atoms with Gasteiger partial charge in [-0.3, -0.25) is 10.7 Å². The topological polar surface area (TPSA) is 102 Å². The van der Waals surface area contributed by atoms with Crippen LogP contribution in [0.1, 0.15) is 0 Å². The maximum atomic E-state index is 10.1. The van der Waals surface area contributed by atoms with Crippen LogP contribution in [0.25, 0.3) is 0 Å². The number of halogens is 1. The minimum absolute atomic E-state index is 0.202. The number of alkyl halides is 1. The number of aliphatic hydroxyl groups is 1. The standard InChI is InChI=1S/C6H10BrN3O3/c7-1-2-9-5(4-11)3-6(8)10(12)13/h3,11H,1-2,4,8H2/b6-3+,9-5?. The van der Waals surface area contributed by atoms with Gasteiger partial charge in [0.2, 0.25) is 0 Å². The normalized spacial score (nSPS) is 13.1. The van der Waals surface area contributed by atoms with E-state index >= 15 is 0 Å². The van der Waals surface area contributed by atoms with Crippen molar-refractivity contribution in [3.63, 3.8) is 0 Å². The van der Waals surface area contributed by atoms with Gasteiger partial charge in [0.15, 0.2) is 0 Å². The molecule has 74 valence electrons. The summed E-state index contributed by atoms with van der Waals surface area (Å²) in [6.07, 6.45) is 1.04. The Morgan fingerprint density at radius 1 is 1.77 bits per heavy atom. The summed E-state index contributed by atoms with van der Waals surface area (Å²) in [5.74, 6) is -0.526. The zero-order valence-corrected chi connectivity index (χ0v) is 8.40. The molecular formula is C6H10BrN3O3. The van der Waals surface area contributed by atoms with Gasteiger partial charge in [-0.1, -0.05) is 15.9 Å². The molecule has 0 aromatic carbocycles. The van der Waals surface area contributed by atoms with E-state index in [-0.39, 0.29) is 12.3 Å². The van der Waals surface area contributed by atoms with Crippen LogP contribution in [0.3, 0.4) is 0 Å². The van der Waals surface area contributed by atoms with Crippen LogP contribution >= 0.6 is 15.9 Å². The fourth-order valence-corrected chi connectivity index (χ4v) is 0.728. The molecule has 0 heterocycles. The highest BCUT2D eigenvalue weighted by Gasteiger charge is 2.02. The first kappa shape index (κ1) is 12.0. The molecular weight excluding hydrogens is 242 g/mol. The molecule has 0 radical (unpaired) electrons. The first-order valence-electron chi connectivity index (χ1n) is 3.43. The van der Waals surface area contributed by atoms with Crippen LogP contribution in [-0.2, 0) is 0 Å². The maximum absolute atomic E-state index is 10.1. The molecule has 0 aliphatic rings. The van der Waals surface area contributed by atoms with Crippen LogP contribution in [0.4, 0.5) is 0 Å². The van der Waals surface area contributed by atoms with Crippen molar-refractivity contribution >= 4 is 21.6 Å². The van der Waals surface area contributed by atoms with Crippen molar-refractivity contribution in [2.45, 2.75) is 0 Å². The van der Waals surface area contributed by atoms with E-state index in [9.17, 15) is 10.1 Å². The van der Waals surface area contributed by atoms with Crippen LogP contribution < -0.4 is 5.73 Å². The van der Waals surface area contributed by atoms with Gasteiger partial charge in [0.05, 0.1) is 18.4 Å². The van der Waals surface area contributed by atoms with E-state index in [1.807, 2.05) is 0 Å². The molecule has 7 heteroatoms. The lowest BCUT2D eigenvalue weighted by atomic mass is 10.3. The molecule has 13 heavy (non-hydrogen) atoms. The van der Waals surface area contributed by atoms with E-state index in [1.165, 1.54) is 0 Å². The lowest BCUT2D eigenvalue weighted by molar-refractivity contribution is -0.426. The van der Waals surface area contributed by atoms with Crippen LogP contribution in [-0.4, -0.2) is 34.2 Å². The predicted molar refractivity (Wildman–Crippen MR) is 52.4 cm³/mol. The van der Waals surface area contributed by atoms with Crippen molar-refractivity contribution in [2.24, 2.45) is 10.7 Å². The lowest BCUT2D eigenvalue weighted by Gasteiger charge is -1.96. The molecule has 0 aliphatic heterocycles. The smallest absolute Gasteiger partial charge is 0.315 e. The van der Waals surface area contributed by atoms with Gasteiger partial charge in [0.25, 0.3) is 0 Å². The number of hydrogen-bond acceptors (Lipinski definition) is 5. The highest BCUT2D eigenvalue weighted by Crippen LogP contribution is 1.90. The molecule has 0 fully saturated rings.